The van der Waals surface area contributed by atoms with Crippen molar-refractivity contribution < 1.29 is 4.74 Å². The smallest absolute Gasteiger partial charge is 0.143 e. The summed E-state index contributed by atoms with van der Waals surface area (Å²) in [7, 11) is 0. The molecule has 0 saturated heterocycles. The first kappa shape index (κ1) is 10.7. The lowest BCUT2D eigenvalue weighted by atomic mass is 10.2. The quantitative estimate of drug-likeness (QED) is 0.601. The maximum Gasteiger partial charge on any atom is 0.143 e. The lowest BCUT2D eigenvalue weighted by molar-refractivity contribution is 0.0652. The third-order valence-electron chi connectivity index (χ3n) is 1.36. The van der Waals surface area contributed by atoms with Gasteiger partial charge in [0.15, 0.2) is 0 Å². The van der Waals surface area contributed by atoms with Gasteiger partial charge >= 0.3 is 0 Å². The minimum atomic E-state index is -0.505. The van der Waals surface area contributed by atoms with Crippen molar-refractivity contribution in [1.82, 2.24) is 0 Å². The highest BCUT2D eigenvalue weighted by Gasteiger charge is 2.05. The van der Waals surface area contributed by atoms with Crippen LogP contribution in [0.1, 0.15) is 26.7 Å². The maximum absolute atomic E-state index is 8.32. The van der Waals surface area contributed by atoms with Crippen LogP contribution in [0.5, 0.6) is 0 Å². The van der Waals surface area contributed by atoms with Crippen LogP contribution < -0.4 is 0 Å². The summed E-state index contributed by atoms with van der Waals surface area (Å²) in [4.78, 5) is 0. The van der Waals surface area contributed by atoms with Gasteiger partial charge in [-0.3, -0.25) is 0 Å². The molecule has 2 unspecified atom stereocenters. The SMILES string of the molecule is CCCC(C)OCC(Cl)C#N. The van der Waals surface area contributed by atoms with Crippen LogP contribution in [0.15, 0.2) is 0 Å². The molecule has 0 saturated carbocycles. The molecule has 0 radical (unpaired) electrons. The minimum absolute atomic E-state index is 0.217. The summed E-state index contributed by atoms with van der Waals surface area (Å²) in [6.07, 6.45) is 2.34. The van der Waals surface area contributed by atoms with E-state index in [4.69, 9.17) is 21.6 Å². The average Bonchev–Trinajstić information content (AvgIpc) is 2.01. The minimum Gasteiger partial charge on any atom is -0.376 e. The first-order valence-electron chi connectivity index (χ1n) is 3.86. The molecule has 0 N–H and O–H groups in total. The van der Waals surface area contributed by atoms with Gasteiger partial charge in [0.25, 0.3) is 0 Å². The second kappa shape index (κ2) is 6.45. The van der Waals surface area contributed by atoms with Crippen LogP contribution in [-0.4, -0.2) is 18.1 Å². The van der Waals surface area contributed by atoms with Crippen LogP contribution >= 0.6 is 11.6 Å². The van der Waals surface area contributed by atoms with Crippen molar-refractivity contribution in [3.05, 3.63) is 0 Å². The van der Waals surface area contributed by atoms with E-state index in [1.165, 1.54) is 0 Å². The highest BCUT2D eigenvalue weighted by atomic mass is 35.5. The highest BCUT2D eigenvalue weighted by Crippen LogP contribution is 2.03. The first-order chi connectivity index (χ1) is 5.20. The molecule has 0 aromatic heterocycles. The van der Waals surface area contributed by atoms with E-state index in [1.807, 2.05) is 13.0 Å². The molecule has 0 heterocycles. The lowest BCUT2D eigenvalue weighted by Gasteiger charge is -2.11. The number of hydrogen-bond acceptors (Lipinski definition) is 2. The van der Waals surface area contributed by atoms with Crippen molar-refractivity contribution >= 4 is 11.6 Å². The fourth-order valence-corrected chi connectivity index (χ4v) is 0.849. The third kappa shape index (κ3) is 6.15. The van der Waals surface area contributed by atoms with Gasteiger partial charge in [-0.25, -0.2) is 0 Å². The van der Waals surface area contributed by atoms with Gasteiger partial charge < -0.3 is 4.74 Å². The fraction of sp³-hybridized carbons (Fsp3) is 0.875. The van der Waals surface area contributed by atoms with Gasteiger partial charge in [0.1, 0.15) is 5.38 Å². The Hall–Kier alpha value is -0.260. The predicted molar refractivity (Wildman–Crippen MR) is 45.6 cm³/mol. The van der Waals surface area contributed by atoms with E-state index in [1.54, 1.807) is 0 Å². The molecule has 0 aromatic rings. The number of alkyl halides is 1. The summed E-state index contributed by atoms with van der Waals surface area (Å²) in [6.45, 7) is 4.42. The standard InChI is InChI=1S/C8H14ClNO/c1-3-4-7(2)11-6-8(9)5-10/h7-8H,3-4,6H2,1-2H3. The molecule has 0 aromatic carbocycles. The molecule has 2 atom stereocenters. The first-order valence-corrected chi connectivity index (χ1v) is 4.29. The summed E-state index contributed by atoms with van der Waals surface area (Å²) in [5.41, 5.74) is 0. The Kier molecular flexibility index (Phi) is 6.30. The molecule has 11 heavy (non-hydrogen) atoms. The van der Waals surface area contributed by atoms with Crippen LogP contribution in [0.2, 0.25) is 0 Å². The Balaban J connectivity index is 3.31. The Morgan fingerprint density at radius 3 is 2.73 bits per heavy atom. The van der Waals surface area contributed by atoms with E-state index in [0.717, 1.165) is 12.8 Å². The number of ether oxygens (including phenoxy) is 1. The Labute approximate surface area is 73.1 Å². The van der Waals surface area contributed by atoms with E-state index in [9.17, 15) is 0 Å². The van der Waals surface area contributed by atoms with Crippen LogP contribution in [0, 0.1) is 11.3 Å². The zero-order valence-corrected chi connectivity index (χ0v) is 7.77. The number of halogens is 1. The Morgan fingerprint density at radius 2 is 2.27 bits per heavy atom. The molecule has 0 spiro atoms. The molecule has 0 bridgehead atoms. The second-order valence-corrected chi connectivity index (χ2v) is 3.06. The maximum atomic E-state index is 8.32. The third-order valence-corrected chi connectivity index (χ3v) is 1.59. The van der Waals surface area contributed by atoms with Crippen molar-refractivity contribution in [1.29, 1.82) is 5.26 Å². The monoisotopic (exact) mass is 175 g/mol. The van der Waals surface area contributed by atoms with Crippen molar-refractivity contribution in [2.24, 2.45) is 0 Å². The molecule has 0 amide bonds. The van der Waals surface area contributed by atoms with Crippen LogP contribution in [0.3, 0.4) is 0 Å². The van der Waals surface area contributed by atoms with E-state index < -0.39 is 5.38 Å². The number of nitriles is 1. The van der Waals surface area contributed by atoms with Gasteiger partial charge in [-0.1, -0.05) is 13.3 Å². The van der Waals surface area contributed by atoms with E-state index in [0.29, 0.717) is 6.61 Å². The molecule has 2 nitrogen and oxygen atoms in total. The Morgan fingerprint density at radius 1 is 1.64 bits per heavy atom. The van der Waals surface area contributed by atoms with E-state index >= 15 is 0 Å². The number of hydrogen-bond donors (Lipinski definition) is 0. The average molecular weight is 176 g/mol. The normalized spacial score (nSPS) is 15.5. The second-order valence-electron chi connectivity index (χ2n) is 2.53. The summed E-state index contributed by atoms with van der Waals surface area (Å²) < 4.78 is 5.28. The molecule has 64 valence electrons. The summed E-state index contributed by atoms with van der Waals surface area (Å²) in [5.74, 6) is 0. The van der Waals surface area contributed by atoms with Crippen LogP contribution in [0.4, 0.5) is 0 Å². The van der Waals surface area contributed by atoms with Gasteiger partial charge in [-0.05, 0) is 13.3 Å². The molecule has 0 fully saturated rings. The highest BCUT2D eigenvalue weighted by molar-refractivity contribution is 6.22. The van der Waals surface area contributed by atoms with Crippen molar-refractivity contribution in [2.45, 2.75) is 38.2 Å². The summed E-state index contributed by atoms with van der Waals surface area (Å²) in [5, 5.41) is 7.81. The molecule has 0 rings (SSSR count). The van der Waals surface area contributed by atoms with Crippen molar-refractivity contribution in [3.8, 4) is 6.07 Å². The topological polar surface area (TPSA) is 33.0 Å². The molecule has 3 heteroatoms. The van der Waals surface area contributed by atoms with Crippen molar-refractivity contribution in [3.63, 3.8) is 0 Å². The number of nitrogens with zero attached hydrogens (tertiary/aromatic N) is 1. The number of rotatable bonds is 5. The van der Waals surface area contributed by atoms with Crippen molar-refractivity contribution in [2.75, 3.05) is 6.61 Å². The van der Waals surface area contributed by atoms with Crippen LogP contribution in [0.25, 0.3) is 0 Å². The predicted octanol–water partition coefficient (Wildman–Crippen LogP) is 2.32. The molecular weight excluding hydrogens is 162 g/mol. The molecule has 0 aliphatic heterocycles. The fourth-order valence-electron chi connectivity index (χ4n) is 0.776. The lowest BCUT2D eigenvalue weighted by Crippen LogP contribution is -2.14. The van der Waals surface area contributed by atoms with Gasteiger partial charge in [0.2, 0.25) is 0 Å². The van der Waals surface area contributed by atoms with Gasteiger partial charge in [-0.2, -0.15) is 5.26 Å². The largest absolute Gasteiger partial charge is 0.376 e. The van der Waals surface area contributed by atoms with Crippen LogP contribution in [-0.2, 0) is 4.74 Å². The molecule has 0 aliphatic carbocycles. The van der Waals surface area contributed by atoms with E-state index in [-0.39, 0.29) is 6.10 Å². The van der Waals surface area contributed by atoms with Gasteiger partial charge in [-0.15, -0.1) is 11.6 Å². The molecular formula is C8H14ClNO. The zero-order chi connectivity index (χ0) is 8.69. The molecule has 0 aliphatic rings. The van der Waals surface area contributed by atoms with Gasteiger partial charge in [0.05, 0.1) is 18.8 Å². The Bertz CT molecular complexity index is 133. The summed E-state index contributed by atoms with van der Waals surface area (Å²) >= 11 is 5.52. The van der Waals surface area contributed by atoms with E-state index in [2.05, 4.69) is 6.92 Å². The zero-order valence-electron chi connectivity index (χ0n) is 7.01. The summed E-state index contributed by atoms with van der Waals surface area (Å²) in [6, 6.07) is 1.90. The van der Waals surface area contributed by atoms with Gasteiger partial charge in [0, 0.05) is 0 Å².